The highest BCUT2D eigenvalue weighted by molar-refractivity contribution is 5.80. The van der Waals surface area contributed by atoms with Gasteiger partial charge in [-0.05, 0) is 29.8 Å². The molecule has 1 amide bonds. The zero-order chi connectivity index (χ0) is 16.7. The number of hydrogen-bond donors (Lipinski definition) is 0. The van der Waals surface area contributed by atoms with E-state index in [9.17, 15) is 9.18 Å². The van der Waals surface area contributed by atoms with E-state index in [2.05, 4.69) is 4.57 Å². The Morgan fingerprint density at radius 2 is 1.92 bits per heavy atom. The standard InChI is InChI=1S/C19H18FN3O/c1-22-17-5-3-2-4-16(17)21-19(22)14-10-18(24)23(12-14)11-13-6-8-15(20)9-7-13/h2-9,14H,10-12H2,1H3/t14-/m1/s1. The lowest BCUT2D eigenvalue weighted by atomic mass is 10.1. The predicted octanol–water partition coefficient (Wildman–Crippen LogP) is 3.23. The van der Waals surface area contributed by atoms with Gasteiger partial charge in [-0.2, -0.15) is 0 Å². The molecular weight excluding hydrogens is 305 g/mol. The molecule has 0 bridgehead atoms. The molecule has 4 nitrogen and oxygen atoms in total. The number of aryl methyl sites for hydroxylation is 1. The minimum absolute atomic E-state index is 0.0929. The predicted molar refractivity (Wildman–Crippen MR) is 89.9 cm³/mol. The molecule has 1 atom stereocenters. The van der Waals surface area contributed by atoms with Crippen molar-refractivity contribution in [1.82, 2.24) is 14.5 Å². The van der Waals surface area contributed by atoms with Crippen LogP contribution in [-0.4, -0.2) is 26.9 Å². The Kier molecular flexibility index (Phi) is 3.56. The molecular formula is C19H18FN3O. The van der Waals surface area contributed by atoms with Gasteiger partial charge in [-0.1, -0.05) is 24.3 Å². The highest BCUT2D eigenvalue weighted by atomic mass is 19.1. The number of likely N-dealkylation sites (tertiary alicyclic amines) is 1. The number of imidazole rings is 1. The van der Waals surface area contributed by atoms with Crippen LogP contribution in [0.15, 0.2) is 48.5 Å². The summed E-state index contributed by atoms with van der Waals surface area (Å²) in [5, 5.41) is 0. The van der Waals surface area contributed by atoms with Gasteiger partial charge in [0, 0.05) is 32.5 Å². The molecule has 0 N–H and O–H groups in total. The van der Waals surface area contributed by atoms with Gasteiger partial charge in [0.05, 0.1) is 11.0 Å². The Hall–Kier alpha value is -2.69. The van der Waals surface area contributed by atoms with E-state index in [1.807, 2.05) is 36.2 Å². The molecule has 5 heteroatoms. The lowest BCUT2D eigenvalue weighted by molar-refractivity contribution is -0.128. The number of benzene rings is 2. The number of rotatable bonds is 3. The molecule has 1 saturated heterocycles. The number of nitrogens with zero attached hydrogens (tertiary/aromatic N) is 3. The van der Waals surface area contributed by atoms with Crippen LogP contribution in [0.3, 0.4) is 0 Å². The van der Waals surface area contributed by atoms with Crippen LogP contribution in [0, 0.1) is 5.82 Å². The van der Waals surface area contributed by atoms with Crippen LogP contribution in [0.2, 0.25) is 0 Å². The molecule has 2 aromatic carbocycles. The smallest absolute Gasteiger partial charge is 0.223 e. The van der Waals surface area contributed by atoms with E-state index in [-0.39, 0.29) is 17.6 Å². The van der Waals surface area contributed by atoms with Gasteiger partial charge < -0.3 is 9.47 Å². The topological polar surface area (TPSA) is 38.1 Å². The second kappa shape index (κ2) is 5.74. The third-order valence-electron chi connectivity index (χ3n) is 4.69. The number of para-hydroxylation sites is 2. The molecule has 0 aliphatic carbocycles. The zero-order valence-corrected chi connectivity index (χ0v) is 13.4. The minimum Gasteiger partial charge on any atom is -0.338 e. The van der Waals surface area contributed by atoms with E-state index in [4.69, 9.17) is 4.98 Å². The molecule has 0 saturated carbocycles. The van der Waals surface area contributed by atoms with Gasteiger partial charge in [-0.3, -0.25) is 4.79 Å². The fourth-order valence-electron chi connectivity index (χ4n) is 3.44. The van der Waals surface area contributed by atoms with Gasteiger partial charge in [-0.15, -0.1) is 0 Å². The Morgan fingerprint density at radius 1 is 1.17 bits per heavy atom. The van der Waals surface area contributed by atoms with Crippen LogP contribution >= 0.6 is 0 Å². The second-order valence-corrected chi connectivity index (χ2v) is 6.32. The Bertz CT molecular complexity index is 901. The molecule has 0 unspecified atom stereocenters. The van der Waals surface area contributed by atoms with Crippen molar-refractivity contribution in [3.63, 3.8) is 0 Å². The molecule has 1 aliphatic rings. The number of aromatic nitrogens is 2. The summed E-state index contributed by atoms with van der Waals surface area (Å²) in [6, 6.07) is 14.3. The van der Waals surface area contributed by atoms with Crippen LogP contribution in [0.25, 0.3) is 11.0 Å². The Morgan fingerprint density at radius 3 is 2.67 bits per heavy atom. The fourth-order valence-corrected chi connectivity index (χ4v) is 3.44. The maximum Gasteiger partial charge on any atom is 0.223 e. The molecule has 1 aromatic heterocycles. The summed E-state index contributed by atoms with van der Waals surface area (Å²) in [5.74, 6) is 0.905. The van der Waals surface area contributed by atoms with Crippen molar-refractivity contribution in [1.29, 1.82) is 0 Å². The van der Waals surface area contributed by atoms with E-state index in [0.29, 0.717) is 19.5 Å². The maximum absolute atomic E-state index is 13.0. The normalized spacial score (nSPS) is 17.8. The third kappa shape index (κ3) is 2.56. The molecule has 4 rings (SSSR count). The molecule has 2 heterocycles. The Labute approximate surface area is 139 Å². The van der Waals surface area contributed by atoms with Crippen LogP contribution < -0.4 is 0 Å². The van der Waals surface area contributed by atoms with Crippen molar-refractivity contribution in [2.24, 2.45) is 7.05 Å². The largest absolute Gasteiger partial charge is 0.338 e. The number of hydrogen-bond acceptors (Lipinski definition) is 2. The number of fused-ring (bicyclic) bond motifs is 1. The van der Waals surface area contributed by atoms with Crippen molar-refractivity contribution < 1.29 is 9.18 Å². The van der Waals surface area contributed by atoms with Gasteiger partial charge >= 0.3 is 0 Å². The second-order valence-electron chi connectivity index (χ2n) is 6.32. The number of carbonyl (C=O) groups is 1. The summed E-state index contributed by atoms with van der Waals surface area (Å²) in [6.07, 6.45) is 0.471. The highest BCUT2D eigenvalue weighted by Crippen LogP contribution is 2.30. The average Bonchev–Trinajstić information content (AvgIpc) is 3.11. The molecule has 1 aliphatic heterocycles. The first-order valence-corrected chi connectivity index (χ1v) is 8.05. The van der Waals surface area contributed by atoms with Crippen LogP contribution in [0.5, 0.6) is 0 Å². The molecule has 0 radical (unpaired) electrons. The van der Waals surface area contributed by atoms with E-state index in [1.54, 1.807) is 12.1 Å². The quantitative estimate of drug-likeness (QED) is 0.742. The fraction of sp³-hybridized carbons (Fsp3) is 0.263. The third-order valence-corrected chi connectivity index (χ3v) is 4.69. The summed E-state index contributed by atoms with van der Waals surface area (Å²) in [7, 11) is 2.00. The lowest BCUT2D eigenvalue weighted by Crippen LogP contribution is -2.24. The summed E-state index contributed by atoms with van der Waals surface area (Å²) >= 11 is 0. The van der Waals surface area contributed by atoms with Gasteiger partial charge in [0.1, 0.15) is 11.6 Å². The first kappa shape index (κ1) is 14.9. The van der Waals surface area contributed by atoms with Crippen LogP contribution in [0.4, 0.5) is 4.39 Å². The van der Waals surface area contributed by atoms with Crippen molar-refractivity contribution >= 4 is 16.9 Å². The van der Waals surface area contributed by atoms with Crippen molar-refractivity contribution in [2.45, 2.75) is 18.9 Å². The van der Waals surface area contributed by atoms with Crippen molar-refractivity contribution in [2.75, 3.05) is 6.54 Å². The first-order chi connectivity index (χ1) is 11.6. The number of halogens is 1. The van der Waals surface area contributed by atoms with Gasteiger partial charge in [0.25, 0.3) is 0 Å². The summed E-state index contributed by atoms with van der Waals surface area (Å²) in [4.78, 5) is 18.9. The molecule has 0 spiro atoms. The minimum atomic E-state index is -0.260. The highest BCUT2D eigenvalue weighted by Gasteiger charge is 2.33. The first-order valence-electron chi connectivity index (χ1n) is 8.05. The van der Waals surface area contributed by atoms with E-state index < -0.39 is 0 Å². The van der Waals surface area contributed by atoms with Crippen LogP contribution in [0.1, 0.15) is 23.7 Å². The van der Waals surface area contributed by atoms with Gasteiger partial charge in [0.15, 0.2) is 0 Å². The van der Waals surface area contributed by atoms with Crippen LogP contribution in [-0.2, 0) is 18.4 Å². The van der Waals surface area contributed by atoms with Gasteiger partial charge in [0.2, 0.25) is 5.91 Å². The van der Waals surface area contributed by atoms with Crippen molar-refractivity contribution in [3.05, 3.63) is 65.7 Å². The van der Waals surface area contributed by atoms with E-state index in [1.165, 1.54) is 12.1 Å². The Balaban J connectivity index is 1.56. The summed E-state index contributed by atoms with van der Waals surface area (Å²) in [6.45, 7) is 1.16. The number of amides is 1. The number of carbonyl (C=O) groups excluding carboxylic acids is 1. The zero-order valence-electron chi connectivity index (χ0n) is 13.4. The van der Waals surface area contributed by atoms with E-state index in [0.717, 1.165) is 22.4 Å². The molecule has 1 fully saturated rings. The molecule has 122 valence electrons. The van der Waals surface area contributed by atoms with E-state index >= 15 is 0 Å². The maximum atomic E-state index is 13.0. The molecule has 3 aromatic rings. The lowest BCUT2D eigenvalue weighted by Gasteiger charge is -2.16. The SMILES string of the molecule is Cn1c([C@@H]2CC(=O)N(Cc3ccc(F)cc3)C2)nc2ccccc21. The van der Waals surface area contributed by atoms with Crippen molar-refractivity contribution in [3.8, 4) is 0 Å². The summed E-state index contributed by atoms with van der Waals surface area (Å²) in [5.41, 5.74) is 2.98. The molecule has 24 heavy (non-hydrogen) atoms. The summed E-state index contributed by atoms with van der Waals surface area (Å²) < 4.78 is 15.1. The van der Waals surface area contributed by atoms with Gasteiger partial charge in [-0.25, -0.2) is 9.37 Å². The average molecular weight is 323 g/mol. The monoisotopic (exact) mass is 323 g/mol.